The minimum Gasteiger partial charge on any atom is -0.479 e. The number of rotatable bonds is 19. The molecule has 28 heteroatoms. The van der Waals surface area contributed by atoms with E-state index in [0.717, 1.165) is 200 Å². The molecule has 22 nitrogen and oxygen atoms in total. The fraction of sp³-hybridized carbons (Fsp3) is 0.370. The number of anilines is 3. The van der Waals surface area contributed by atoms with Crippen LogP contribution in [0.25, 0.3) is 96.7 Å². The Morgan fingerprint density at radius 1 is 0.453 bits per heavy atom. The molecule has 3 N–H and O–H groups in total. The highest BCUT2D eigenvalue weighted by Crippen LogP contribution is 2.50. The summed E-state index contributed by atoms with van der Waals surface area (Å²) in [6.45, 7) is 31.2. The summed E-state index contributed by atoms with van der Waals surface area (Å²) in [4.78, 5) is 61.2. The Morgan fingerprint density at radius 3 is 1.12 bits per heavy atom. The van der Waals surface area contributed by atoms with E-state index in [1.54, 1.807) is 34.0 Å². The smallest absolute Gasteiger partial charge is 0.339 e. The molecule has 6 atom stereocenters. The molecule has 9 aromatic carbocycles. The van der Waals surface area contributed by atoms with Crippen molar-refractivity contribution in [2.24, 2.45) is 21.1 Å². The maximum atomic E-state index is 13.5. The Labute approximate surface area is 772 Å². The second-order valence-corrected chi connectivity index (χ2v) is 40.8. The number of fused-ring (bicyclic) bond motifs is 6. The first-order chi connectivity index (χ1) is 61.0. The summed E-state index contributed by atoms with van der Waals surface area (Å²) < 4.78 is 32.9. The average molecular weight is 1840 g/mol. The first-order valence-electron chi connectivity index (χ1n) is 43.5. The minimum atomic E-state index is -1.14. The topological polar surface area (TPSA) is 242 Å². The van der Waals surface area contributed by atoms with Gasteiger partial charge in [0.1, 0.15) is 0 Å². The highest BCUT2D eigenvalue weighted by Gasteiger charge is 2.39. The van der Waals surface area contributed by atoms with E-state index in [9.17, 15) is 24.6 Å². The predicted molar refractivity (Wildman–Crippen MR) is 521 cm³/mol. The lowest BCUT2D eigenvalue weighted by Crippen LogP contribution is -2.45. The Hall–Kier alpha value is -10.4. The van der Waals surface area contributed by atoms with Gasteiger partial charge in [0.2, 0.25) is 0 Å². The van der Waals surface area contributed by atoms with Crippen LogP contribution in [0.15, 0.2) is 164 Å². The summed E-state index contributed by atoms with van der Waals surface area (Å²) in [5, 5.41) is 45.8. The number of benzene rings is 9. The first kappa shape index (κ1) is 90.9. The Balaban J connectivity index is 0.000000141. The molecule has 0 amide bonds. The van der Waals surface area contributed by atoms with Crippen molar-refractivity contribution in [2.75, 3.05) is 67.1 Å². The Kier molecular flexibility index (Phi) is 26.4. The molecule has 6 aromatic heterocycles. The standard InChI is InChI=1S/C35H39ClN4O3S.C33H35ClN4O3S.C32H34ClN5O3S/c1-7-42-33(41)31(43-35(3,4)5)29-21(2)17-27-32(30(29)22-10-13-26(36)14-11-22)44-34(38-27)40-16-8-9-24(20-40)23-12-15-28-25(18-23)19-37-39(28)6;1-19-15-25-30(28(20-8-11-24(34)12-9-20)27(19)29(31(39)40)41-33(2,3)4)42-32(36-25)38-14-6-7-22(18-38)21-10-13-26-23(16-21)17-35-37(26)5;1-18-14-23-29(27(19-6-9-22(33)10-7-19)26(18)28(30(39)40)41-32(2,3)4)42-31(36-23)38-13-12-34-24(17-38)20-8-11-25-21(15-20)16-35-37(25)5/h10-15,17-19,24,31H,7-9,16,20H2,1-6H3;8-13,15-17,22,29H,6-7,14,18H2,1-5H3,(H,39,40);6-11,14-16,24,28,34H,12-13,17H2,1-5H3,(H,39,40)/t24?,31-;22?,29-;24?,28-/m000/s1. The first-order valence-corrected chi connectivity index (χ1v) is 47.1. The number of halogens is 3. The molecule has 15 aromatic rings. The van der Waals surface area contributed by atoms with E-state index in [1.807, 2.05) is 229 Å². The van der Waals surface area contributed by atoms with Crippen molar-refractivity contribution in [3.63, 3.8) is 0 Å². The molecule has 0 spiro atoms. The molecular weight excluding hydrogens is 1730 g/mol. The third kappa shape index (κ3) is 19.7. The van der Waals surface area contributed by atoms with Gasteiger partial charge in [-0.25, -0.2) is 29.3 Å². The molecular formula is C100H108Cl3N13O9S3. The van der Waals surface area contributed by atoms with Crippen molar-refractivity contribution < 1.29 is 43.5 Å². The van der Waals surface area contributed by atoms with E-state index in [4.69, 9.17) is 68.7 Å². The quantitative estimate of drug-likeness (QED) is 0.0637. The van der Waals surface area contributed by atoms with Crippen LogP contribution < -0.4 is 20.0 Å². The zero-order chi connectivity index (χ0) is 90.7. The zero-order valence-electron chi connectivity index (χ0n) is 75.0. The lowest BCUT2D eigenvalue weighted by molar-refractivity contribution is -0.166. The molecule has 0 aliphatic carbocycles. The van der Waals surface area contributed by atoms with Crippen molar-refractivity contribution in [3.8, 4) is 33.4 Å². The molecule has 18 rings (SSSR count). The number of carbonyl (C=O) groups is 3. The zero-order valence-corrected chi connectivity index (χ0v) is 79.7. The van der Waals surface area contributed by atoms with Gasteiger partial charge >= 0.3 is 17.9 Å². The Morgan fingerprint density at radius 2 is 0.781 bits per heavy atom. The van der Waals surface area contributed by atoms with Crippen molar-refractivity contribution in [1.29, 1.82) is 0 Å². The number of hydrogen-bond acceptors (Lipinski definition) is 20. The number of aliphatic carboxylic acids is 2. The van der Waals surface area contributed by atoms with Crippen LogP contribution in [-0.4, -0.2) is 142 Å². The van der Waals surface area contributed by atoms with E-state index in [1.165, 1.54) is 22.1 Å². The predicted octanol–water partition coefficient (Wildman–Crippen LogP) is 23.7. The highest BCUT2D eigenvalue weighted by molar-refractivity contribution is 7.23. The van der Waals surface area contributed by atoms with Crippen LogP contribution in [0.4, 0.5) is 15.4 Å². The van der Waals surface area contributed by atoms with Crippen LogP contribution in [0.2, 0.25) is 15.1 Å². The molecule has 0 bridgehead atoms. The van der Waals surface area contributed by atoms with E-state index >= 15 is 0 Å². The normalized spacial score (nSPS) is 16.7. The van der Waals surface area contributed by atoms with Gasteiger partial charge in [0, 0.05) is 149 Å². The number of aromatic nitrogens is 9. The second-order valence-electron chi connectivity index (χ2n) is 36.5. The summed E-state index contributed by atoms with van der Waals surface area (Å²) in [5.41, 5.74) is 18.0. The van der Waals surface area contributed by atoms with Crippen LogP contribution in [-0.2, 0) is 54.5 Å². The fourth-order valence-electron chi connectivity index (χ4n) is 18.0. The SMILES string of the molecule is CCOC(=O)[C@@H](OC(C)(C)C)c1c(C)cc2nc(N3CCCC(c4ccc5c(cnn5C)c4)C3)sc2c1-c1ccc(Cl)cc1.Cc1cc2nc(N3CCCC(c4ccc5c(cnn5C)c4)C3)sc2c(-c2ccc(Cl)cc2)c1[C@H](OC(C)(C)C)C(=O)O.Cc1cc2nc(N3CCNC(c4ccc5c(cnn5C)c4)C3)sc2c(-c2ccc(Cl)cc2)c1[C@H](OC(C)(C)C)C(=O)O. The number of hydrogen-bond donors (Lipinski definition) is 3. The number of carbonyl (C=O) groups excluding carboxylic acids is 1. The largest absolute Gasteiger partial charge is 0.479 e. The lowest BCUT2D eigenvalue weighted by Gasteiger charge is -2.33. The highest BCUT2D eigenvalue weighted by atomic mass is 35.5. The van der Waals surface area contributed by atoms with Gasteiger partial charge in [-0.1, -0.05) is 123 Å². The van der Waals surface area contributed by atoms with Gasteiger partial charge in [-0.15, -0.1) is 0 Å². The molecule has 3 fully saturated rings. The molecule has 128 heavy (non-hydrogen) atoms. The number of thiazole rings is 3. The average Bonchev–Trinajstić information content (AvgIpc) is 1.58. The summed E-state index contributed by atoms with van der Waals surface area (Å²) in [5.74, 6) is -1.64. The van der Waals surface area contributed by atoms with Gasteiger partial charge in [0.05, 0.1) is 89.2 Å². The maximum absolute atomic E-state index is 13.5. The molecule has 3 aliphatic heterocycles. The van der Waals surface area contributed by atoms with Gasteiger partial charge in [-0.05, 0) is 257 Å². The number of esters is 1. The molecule has 0 radical (unpaired) electrons. The van der Waals surface area contributed by atoms with Crippen molar-refractivity contribution in [3.05, 3.63) is 229 Å². The van der Waals surface area contributed by atoms with E-state index in [0.29, 0.717) is 38.0 Å². The third-order valence-corrected chi connectivity index (χ3v) is 28.0. The van der Waals surface area contributed by atoms with Gasteiger partial charge in [-0.3, -0.25) is 14.0 Å². The number of ether oxygens (including phenoxy) is 4. The van der Waals surface area contributed by atoms with Crippen molar-refractivity contribution in [2.45, 2.75) is 169 Å². The molecule has 0 saturated carbocycles. The van der Waals surface area contributed by atoms with Gasteiger partial charge in [-0.2, -0.15) is 15.3 Å². The summed E-state index contributed by atoms with van der Waals surface area (Å²) in [6, 6.07) is 49.0. The van der Waals surface area contributed by atoms with E-state index in [-0.39, 0.29) is 12.6 Å². The Bertz CT molecular complexity index is 6400. The van der Waals surface area contributed by atoms with E-state index in [2.05, 4.69) is 96.0 Å². The van der Waals surface area contributed by atoms with Crippen molar-refractivity contribution >= 4 is 165 Å². The number of piperazine rings is 1. The van der Waals surface area contributed by atoms with Gasteiger partial charge < -0.3 is 49.2 Å². The van der Waals surface area contributed by atoms with Crippen LogP contribution in [0.5, 0.6) is 0 Å². The molecule has 3 aliphatic rings. The lowest BCUT2D eigenvalue weighted by atomic mass is 9.90. The number of nitrogens with zero attached hydrogens (tertiary/aromatic N) is 12. The van der Waals surface area contributed by atoms with Gasteiger partial charge in [0.15, 0.2) is 33.7 Å². The molecule has 666 valence electrons. The molecule has 3 saturated heterocycles. The van der Waals surface area contributed by atoms with Gasteiger partial charge in [0.25, 0.3) is 0 Å². The number of carboxylic acids is 2. The van der Waals surface area contributed by atoms with Crippen LogP contribution in [0.3, 0.4) is 0 Å². The fourth-order valence-corrected chi connectivity index (χ4v) is 21.8. The summed E-state index contributed by atoms with van der Waals surface area (Å²) >= 11 is 23.7. The second kappa shape index (κ2) is 37.2. The number of nitrogens with one attached hydrogen (secondary N) is 1. The molecule has 9 heterocycles. The van der Waals surface area contributed by atoms with Crippen LogP contribution in [0.1, 0.15) is 181 Å². The van der Waals surface area contributed by atoms with E-state index < -0.39 is 53.0 Å². The van der Waals surface area contributed by atoms with Crippen LogP contribution in [0, 0.1) is 20.8 Å². The third-order valence-electron chi connectivity index (χ3n) is 23.8. The molecule has 3 unspecified atom stereocenters. The van der Waals surface area contributed by atoms with Crippen molar-refractivity contribution in [1.82, 2.24) is 49.6 Å². The number of carboxylic acid groups (broad SMARTS) is 2. The monoisotopic (exact) mass is 1840 g/mol. The summed E-state index contributed by atoms with van der Waals surface area (Å²) in [6.07, 6.45) is 7.02. The number of aryl methyl sites for hydroxylation is 6. The summed E-state index contributed by atoms with van der Waals surface area (Å²) in [7, 11) is 5.90. The van der Waals surface area contributed by atoms with Crippen LogP contribution >= 0.6 is 68.8 Å². The number of piperidine rings is 2. The maximum Gasteiger partial charge on any atom is 0.339 e. The minimum absolute atomic E-state index is 0.139.